The lowest BCUT2D eigenvalue weighted by atomic mass is 9.47. The van der Waals surface area contributed by atoms with Gasteiger partial charge in [-0.25, -0.2) is 4.79 Å². The van der Waals surface area contributed by atoms with E-state index in [0.717, 1.165) is 44.2 Å². The van der Waals surface area contributed by atoms with E-state index in [1.807, 2.05) is 0 Å². The van der Waals surface area contributed by atoms with Crippen molar-refractivity contribution in [3.05, 3.63) is 11.6 Å². The number of carboxylic acid groups (broad SMARTS) is 1. The third-order valence-electron chi connectivity index (χ3n) is 10.2. The van der Waals surface area contributed by atoms with Gasteiger partial charge in [0.1, 0.15) is 6.04 Å². The molecule has 1 heterocycles. The Labute approximate surface area is 201 Å². The number of allylic oxidation sites excluding steroid dienone is 2. The minimum absolute atomic E-state index is 0.0117. The molecule has 0 radical (unpaired) electrons. The highest BCUT2D eigenvalue weighted by molar-refractivity contribution is 5.96. The van der Waals surface area contributed by atoms with E-state index in [2.05, 4.69) is 25.1 Å². The Hall–Kier alpha value is -1.93. The van der Waals surface area contributed by atoms with Gasteiger partial charge in [-0.1, -0.05) is 24.6 Å². The Balaban J connectivity index is 1.24. The molecule has 0 aromatic carbocycles. The molecule has 1 aliphatic heterocycles. The van der Waals surface area contributed by atoms with E-state index in [9.17, 15) is 24.9 Å². The predicted octanol–water partition coefficient (Wildman–Crippen LogP) is 2.73. The van der Waals surface area contributed by atoms with Gasteiger partial charge in [0.15, 0.2) is 6.61 Å². The van der Waals surface area contributed by atoms with E-state index in [0.29, 0.717) is 17.8 Å². The average Bonchev–Trinajstić information content (AvgIpc) is 3.33. The van der Waals surface area contributed by atoms with E-state index in [1.165, 1.54) is 23.3 Å². The number of aliphatic hydroxyl groups is 2. The topological polar surface area (TPSA) is 120 Å². The van der Waals surface area contributed by atoms with Gasteiger partial charge in [0.25, 0.3) is 5.91 Å². The lowest BCUT2D eigenvalue weighted by Crippen LogP contribution is -2.51. The van der Waals surface area contributed by atoms with Crippen LogP contribution < -0.4 is 0 Å². The van der Waals surface area contributed by atoms with E-state index >= 15 is 0 Å². The second-order valence-corrected chi connectivity index (χ2v) is 11.8. The van der Waals surface area contributed by atoms with Crippen molar-refractivity contribution < 1.29 is 29.7 Å². The van der Waals surface area contributed by atoms with Crippen LogP contribution in [0.4, 0.5) is 0 Å². The van der Waals surface area contributed by atoms with Gasteiger partial charge in [0, 0.05) is 13.0 Å². The number of β-amino-alcohol motifs (C(OH)–C–C–N with tert-alkyl or cyclic N) is 1. The first kappa shape index (κ1) is 23.8. The van der Waals surface area contributed by atoms with E-state index in [-0.39, 0.29) is 36.5 Å². The molecule has 0 spiro atoms. The summed E-state index contributed by atoms with van der Waals surface area (Å²) in [6.07, 6.45) is 9.64. The molecule has 4 aliphatic carbocycles. The van der Waals surface area contributed by atoms with E-state index < -0.39 is 24.0 Å². The number of fused-ring (bicyclic) bond motifs is 5. The summed E-state index contributed by atoms with van der Waals surface area (Å²) in [6, 6.07) is -1.01. The van der Waals surface area contributed by atoms with Crippen molar-refractivity contribution in [1.29, 1.82) is 0 Å². The van der Waals surface area contributed by atoms with Crippen LogP contribution in [0.5, 0.6) is 0 Å². The summed E-state index contributed by atoms with van der Waals surface area (Å²) in [5.41, 5.74) is 2.52. The SMILES string of the molecule is C[C@]12CC[C@H]3[C@@H](CCC4=C/C(=N\OCC(=O)N5C[C@H](O)C[C@@H]5C(=O)O)CC[C@@]43C)[C@@H]1CC[C@@H]2O. The Morgan fingerprint density at radius 1 is 1.12 bits per heavy atom. The van der Waals surface area contributed by atoms with Crippen molar-refractivity contribution >= 4 is 17.6 Å². The Morgan fingerprint density at radius 2 is 1.91 bits per heavy atom. The van der Waals surface area contributed by atoms with Gasteiger partial charge in [-0.15, -0.1) is 0 Å². The van der Waals surface area contributed by atoms with Crippen LogP contribution in [-0.2, 0) is 14.4 Å². The number of rotatable bonds is 4. The third-order valence-corrected chi connectivity index (χ3v) is 10.2. The maximum absolute atomic E-state index is 12.4. The first-order chi connectivity index (χ1) is 16.1. The van der Waals surface area contributed by atoms with E-state index in [4.69, 9.17) is 4.84 Å². The summed E-state index contributed by atoms with van der Waals surface area (Å²) in [5, 5.41) is 33.9. The Morgan fingerprint density at radius 3 is 2.68 bits per heavy atom. The normalized spacial score (nSPS) is 44.8. The van der Waals surface area contributed by atoms with Gasteiger partial charge >= 0.3 is 5.97 Å². The Kier molecular flexibility index (Phi) is 6.04. The summed E-state index contributed by atoms with van der Waals surface area (Å²) in [4.78, 5) is 30.3. The number of hydrogen-bond acceptors (Lipinski definition) is 6. The van der Waals surface area contributed by atoms with Crippen molar-refractivity contribution in [2.75, 3.05) is 13.2 Å². The molecule has 5 rings (SSSR count). The standard InChI is InChI=1S/C26H38N2O6/c1-25-9-7-16(27-34-14-23(31)28-13-17(29)12-21(28)24(32)33)11-15(25)3-4-18-19-5-6-22(30)26(19,2)10-8-20(18)25/h11,17-22,29-30H,3-10,12-14H2,1-2H3,(H,32,33)/b27-16-/t17-,18+,19+,20+,21-,22+,25+,26+/m1/s1. The zero-order valence-electron chi connectivity index (χ0n) is 20.3. The summed E-state index contributed by atoms with van der Waals surface area (Å²) in [5.74, 6) is 0.380. The molecule has 34 heavy (non-hydrogen) atoms. The van der Waals surface area contributed by atoms with Crippen LogP contribution in [0, 0.1) is 28.6 Å². The number of likely N-dealkylation sites (tertiary alicyclic amines) is 1. The third kappa shape index (κ3) is 3.77. The molecule has 0 unspecified atom stereocenters. The minimum Gasteiger partial charge on any atom is -0.480 e. The monoisotopic (exact) mass is 474 g/mol. The fourth-order valence-electron chi connectivity index (χ4n) is 8.19. The molecule has 3 N–H and O–H groups in total. The summed E-state index contributed by atoms with van der Waals surface area (Å²) in [7, 11) is 0. The number of carbonyl (C=O) groups is 2. The van der Waals surface area contributed by atoms with E-state index in [1.54, 1.807) is 0 Å². The fourth-order valence-corrected chi connectivity index (χ4v) is 8.19. The maximum Gasteiger partial charge on any atom is 0.326 e. The van der Waals surface area contributed by atoms with Gasteiger partial charge in [-0.05, 0) is 86.0 Å². The highest BCUT2D eigenvalue weighted by Crippen LogP contribution is 2.65. The van der Waals surface area contributed by atoms with Gasteiger partial charge in [-0.2, -0.15) is 0 Å². The van der Waals surface area contributed by atoms with Crippen LogP contribution in [0.2, 0.25) is 0 Å². The zero-order chi connectivity index (χ0) is 24.3. The lowest BCUT2D eigenvalue weighted by Gasteiger charge is -2.57. The first-order valence-electron chi connectivity index (χ1n) is 12.9. The summed E-state index contributed by atoms with van der Waals surface area (Å²) < 4.78 is 0. The molecule has 0 aromatic rings. The molecule has 0 bridgehead atoms. The van der Waals surface area contributed by atoms with Crippen molar-refractivity contribution in [2.24, 2.45) is 33.7 Å². The lowest BCUT2D eigenvalue weighted by molar-refractivity contribution is -0.150. The number of carboxylic acids is 1. The van der Waals surface area contributed by atoms with Gasteiger partial charge in [0.05, 0.1) is 17.9 Å². The second kappa shape index (κ2) is 8.63. The number of nitrogens with zero attached hydrogens (tertiary/aromatic N) is 2. The number of carbonyl (C=O) groups excluding carboxylic acids is 1. The quantitative estimate of drug-likeness (QED) is 0.539. The smallest absolute Gasteiger partial charge is 0.326 e. The van der Waals surface area contributed by atoms with Crippen LogP contribution in [0.15, 0.2) is 16.8 Å². The van der Waals surface area contributed by atoms with Crippen LogP contribution in [0.1, 0.15) is 71.6 Å². The molecule has 8 nitrogen and oxygen atoms in total. The van der Waals surface area contributed by atoms with Gasteiger partial charge in [-0.3, -0.25) is 4.79 Å². The van der Waals surface area contributed by atoms with Crippen molar-refractivity contribution in [2.45, 2.75) is 89.9 Å². The molecular weight excluding hydrogens is 436 g/mol. The number of aliphatic carboxylic acids is 1. The highest BCUT2D eigenvalue weighted by atomic mass is 16.6. The molecule has 0 aromatic heterocycles. The van der Waals surface area contributed by atoms with Crippen LogP contribution in [0.25, 0.3) is 0 Å². The summed E-state index contributed by atoms with van der Waals surface area (Å²) in [6.45, 7) is 4.41. The maximum atomic E-state index is 12.4. The van der Waals surface area contributed by atoms with Crippen LogP contribution in [0.3, 0.4) is 0 Å². The molecular formula is C26H38N2O6. The molecule has 5 aliphatic rings. The minimum atomic E-state index is -1.11. The average molecular weight is 475 g/mol. The van der Waals surface area contributed by atoms with Crippen LogP contribution in [-0.4, -0.2) is 69.2 Å². The number of oxime groups is 1. The van der Waals surface area contributed by atoms with Crippen molar-refractivity contribution in [3.8, 4) is 0 Å². The number of hydrogen-bond donors (Lipinski definition) is 3. The number of aliphatic hydroxyl groups excluding tert-OH is 2. The van der Waals surface area contributed by atoms with Crippen molar-refractivity contribution in [1.82, 2.24) is 4.90 Å². The highest BCUT2D eigenvalue weighted by Gasteiger charge is 2.58. The molecule has 3 saturated carbocycles. The molecule has 1 saturated heterocycles. The van der Waals surface area contributed by atoms with Crippen molar-refractivity contribution in [3.63, 3.8) is 0 Å². The first-order valence-corrected chi connectivity index (χ1v) is 12.9. The predicted molar refractivity (Wildman–Crippen MR) is 125 cm³/mol. The zero-order valence-corrected chi connectivity index (χ0v) is 20.3. The molecule has 1 amide bonds. The van der Waals surface area contributed by atoms with Gasteiger partial charge < -0.3 is 25.1 Å². The van der Waals surface area contributed by atoms with Gasteiger partial charge in [0.2, 0.25) is 0 Å². The Bertz CT molecular complexity index is 917. The second-order valence-electron chi connectivity index (χ2n) is 11.8. The summed E-state index contributed by atoms with van der Waals surface area (Å²) >= 11 is 0. The van der Waals surface area contributed by atoms with Crippen LogP contribution >= 0.6 is 0 Å². The number of amides is 1. The molecule has 8 heteroatoms. The molecule has 188 valence electrons. The largest absolute Gasteiger partial charge is 0.480 e. The molecule has 8 atom stereocenters. The fraction of sp³-hybridized carbons (Fsp3) is 0.808. The molecule has 4 fully saturated rings.